The van der Waals surface area contributed by atoms with E-state index in [0.717, 1.165) is 44.5 Å². The van der Waals surface area contributed by atoms with E-state index >= 15 is 0 Å². The Balaban J connectivity index is 0.000000231. The molecule has 5 heteroatoms. The van der Waals surface area contributed by atoms with Crippen molar-refractivity contribution >= 4 is 43.4 Å². The van der Waals surface area contributed by atoms with E-state index in [1.807, 2.05) is 54.7 Å². The SMILES string of the molecule is Cc1cc(-c2[c-]ccc3c2oc2cc4c(C)csc4cc23)ncc1-c1c(C)cccc1C.[Ir].[c-]1ccccc1-c1ccccn1. The van der Waals surface area contributed by atoms with Crippen LogP contribution in [0.25, 0.3) is 65.7 Å². The summed E-state index contributed by atoms with van der Waals surface area (Å²) in [5, 5.41) is 5.72. The molecule has 0 aliphatic carbocycles. The maximum absolute atomic E-state index is 6.40. The minimum Gasteiger partial charge on any atom is -0.501 e. The first-order valence-electron chi connectivity index (χ1n) is 14.6. The second kappa shape index (κ2) is 12.9. The zero-order valence-electron chi connectivity index (χ0n) is 25.4. The zero-order chi connectivity index (χ0) is 30.2. The van der Waals surface area contributed by atoms with Crippen LogP contribution in [0.1, 0.15) is 22.3 Å². The third-order valence-corrected chi connectivity index (χ3v) is 9.15. The van der Waals surface area contributed by atoms with Crippen molar-refractivity contribution < 1.29 is 24.5 Å². The van der Waals surface area contributed by atoms with Gasteiger partial charge in [0.25, 0.3) is 0 Å². The second-order valence-corrected chi connectivity index (χ2v) is 12.0. The summed E-state index contributed by atoms with van der Waals surface area (Å²) in [6, 6.07) is 37.3. The number of hydrogen-bond donors (Lipinski definition) is 0. The van der Waals surface area contributed by atoms with Crippen molar-refractivity contribution in [2.75, 3.05) is 0 Å². The predicted molar refractivity (Wildman–Crippen MR) is 184 cm³/mol. The molecule has 0 saturated carbocycles. The molecule has 0 atom stereocenters. The van der Waals surface area contributed by atoms with Crippen LogP contribution in [0.2, 0.25) is 0 Å². The molecule has 3 nitrogen and oxygen atoms in total. The van der Waals surface area contributed by atoms with E-state index < -0.39 is 0 Å². The second-order valence-electron chi connectivity index (χ2n) is 11.1. The van der Waals surface area contributed by atoms with Crippen LogP contribution in [-0.2, 0) is 20.1 Å². The normalized spacial score (nSPS) is 10.9. The summed E-state index contributed by atoms with van der Waals surface area (Å²) in [6.45, 7) is 8.62. The van der Waals surface area contributed by atoms with Gasteiger partial charge in [-0.1, -0.05) is 47.3 Å². The average Bonchev–Trinajstić information content (AvgIpc) is 3.61. The fourth-order valence-corrected chi connectivity index (χ4v) is 6.81. The van der Waals surface area contributed by atoms with Gasteiger partial charge >= 0.3 is 0 Å². The Kier molecular flexibility index (Phi) is 8.78. The molecular weight excluding hydrogens is 749 g/mol. The summed E-state index contributed by atoms with van der Waals surface area (Å²) in [6.07, 6.45) is 3.78. The minimum atomic E-state index is 0. The van der Waals surface area contributed by atoms with Gasteiger partial charge in [0.05, 0.1) is 5.58 Å². The number of thiophene rings is 1. The van der Waals surface area contributed by atoms with Crippen molar-refractivity contribution in [1.29, 1.82) is 0 Å². The van der Waals surface area contributed by atoms with E-state index in [-0.39, 0.29) is 20.1 Å². The van der Waals surface area contributed by atoms with Gasteiger partial charge in [-0.05, 0) is 95.9 Å². The van der Waals surface area contributed by atoms with E-state index in [4.69, 9.17) is 9.40 Å². The third kappa shape index (κ3) is 5.87. The van der Waals surface area contributed by atoms with Gasteiger partial charge in [-0.3, -0.25) is 0 Å². The molecule has 8 rings (SSSR count). The molecule has 0 bridgehead atoms. The van der Waals surface area contributed by atoms with Crippen molar-refractivity contribution in [3.05, 3.63) is 143 Å². The largest absolute Gasteiger partial charge is 0.501 e. The van der Waals surface area contributed by atoms with E-state index in [0.29, 0.717) is 0 Å². The maximum Gasteiger partial charge on any atom is 0.121 e. The van der Waals surface area contributed by atoms with E-state index in [1.165, 1.54) is 43.5 Å². The standard InChI is InChI=1S/C29H22NOS.C11H8N.Ir/c1-16-7-5-8-17(2)28(16)24-14-30-25(11-18(24)3)21-10-6-9-20-23-13-27-22(19(4)15-32-27)12-26(23)31-29(20)21;1-2-6-10(7-3-1)11-8-4-5-9-12-11;/h5-9,11-15H,1-4H3;1-6,8-9H;/q2*-1;. The Morgan fingerprint density at radius 3 is 2.22 bits per heavy atom. The number of furan rings is 1. The van der Waals surface area contributed by atoms with E-state index in [2.05, 4.69) is 92.7 Å². The Morgan fingerprint density at radius 1 is 0.667 bits per heavy atom. The number of pyridine rings is 2. The average molecular weight is 779 g/mol. The summed E-state index contributed by atoms with van der Waals surface area (Å²) in [7, 11) is 0. The first kappa shape index (κ1) is 30.6. The quantitative estimate of drug-likeness (QED) is 0.168. The summed E-state index contributed by atoms with van der Waals surface area (Å²) in [5.41, 5.74) is 13.0. The molecule has 223 valence electrons. The van der Waals surface area contributed by atoms with Crippen molar-refractivity contribution in [2.45, 2.75) is 27.7 Å². The summed E-state index contributed by atoms with van der Waals surface area (Å²) < 4.78 is 7.69. The van der Waals surface area contributed by atoms with Gasteiger partial charge in [-0.15, -0.1) is 65.4 Å². The summed E-state index contributed by atoms with van der Waals surface area (Å²) in [5.74, 6) is 0. The van der Waals surface area contributed by atoms with Crippen LogP contribution in [0, 0.1) is 39.8 Å². The maximum atomic E-state index is 6.40. The molecule has 4 aromatic carbocycles. The Bertz CT molecular complexity index is 2210. The van der Waals surface area contributed by atoms with Gasteiger partial charge in [-0.25, -0.2) is 0 Å². The van der Waals surface area contributed by atoms with Gasteiger partial charge in [-0.2, -0.15) is 0 Å². The van der Waals surface area contributed by atoms with Crippen molar-refractivity contribution in [1.82, 2.24) is 9.97 Å². The molecule has 1 radical (unpaired) electrons. The Morgan fingerprint density at radius 2 is 1.49 bits per heavy atom. The number of hydrogen-bond acceptors (Lipinski definition) is 4. The van der Waals surface area contributed by atoms with Crippen LogP contribution in [0.4, 0.5) is 0 Å². The number of fused-ring (bicyclic) bond motifs is 4. The van der Waals surface area contributed by atoms with Crippen LogP contribution in [0.15, 0.2) is 113 Å². The molecule has 45 heavy (non-hydrogen) atoms. The van der Waals surface area contributed by atoms with Gasteiger partial charge in [0, 0.05) is 48.1 Å². The molecule has 0 aliphatic rings. The van der Waals surface area contributed by atoms with Crippen LogP contribution < -0.4 is 0 Å². The number of aryl methyl sites for hydroxylation is 4. The van der Waals surface area contributed by atoms with Crippen LogP contribution in [0.3, 0.4) is 0 Å². The molecule has 0 amide bonds. The smallest absolute Gasteiger partial charge is 0.121 e. The number of nitrogens with zero attached hydrogens (tertiary/aromatic N) is 2. The van der Waals surface area contributed by atoms with Crippen LogP contribution >= 0.6 is 11.3 Å². The Hall–Kier alpha value is -4.41. The molecular formula is C40H30IrN2OS-2. The van der Waals surface area contributed by atoms with Gasteiger partial charge in [0.15, 0.2) is 0 Å². The Labute approximate surface area is 281 Å². The van der Waals surface area contributed by atoms with Gasteiger partial charge in [0.2, 0.25) is 0 Å². The fraction of sp³-hybridized carbons (Fsp3) is 0.100. The van der Waals surface area contributed by atoms with Crippen molar-refractivity contribution in [2.24, 2.45) is 0 Å². The molecule has 0 saturated heterocycles. The number of aromatic nitrogens is 2. The van der Waals surface area contributed by atoms with Gasteiger partial charge < -0.3 is 14.4 Å². The predicted octanol–water partition coefficient (Wildman–Crippen LogP) is 11.1. The van der Waals surface area contributed by atoms with Crippen LogP contribution in [0.5, 0.6) is 0 Å². The molecule has 0 N–H and O–H groups in total. The van der Waals surface area contributed by atoms with Crippen LogP contribution in [-0.4, -0.2) is 9.97 Å². The minimum absolute atomic E-state index is 0. The monoisotopic (exact) mass is 779 g/mol. The van der Waals surface area contributed by atoms with Gasteiger partial charge in [0.1, 0.15) is 5.58 Å². The van der Waals surface area contributed by atoms with E-state index in [1.54, 1.807) is 17.5 Å². The molecule has 0 aliphatic heterocycles. The summed E-state index contributed by atoms with van der Waals surface area (Å²) in [4.78, 5) is 9.08. The third-order valence-electron chi connectivity index (χ3n) is 8.09. The number of benzene rings is 4. The molecule has 8 aromatic rings. The first-order chi connectivity index (χ1) is 21.5. The van der Waals surface area contributed by atoms with Crippen molar-refractivity contribution in [3.63, 3.8) is 0 Å². The van der Waals surface area contributed by atoms with E-state index in [9.17, 15) is 0 Å². The molecule has 0 fully saturated rings. The molecule has 0 spiro atoms. The van der Waals surface area contributed by atoms with Crippen molar-refractivity contribution in [3.8, 4) is 33.6 Å². The summed E-state index contributed by atoms with van der Waals surface area (Å²) >= 11 is 1.78. The number of rotatable bonds is 3. The fourth-order valence-electron chi connectivity index (χ4n) is 5.85. The zero-order valence-corrected chi connectivity index (χ0v) is 28.6. The molecule has 0 unspecified atom stereocenters. The molecule has 4 aromatic heterocycles. The topological polar surface area (TPSA) is 38.9 Å². The molecule has 4 heterocycles. The first-order valence-corrected chi connectivity index (χ1v) is 15.5.